The third-order valence-electron chi connectivity index (χ3n) is 5.03. The Kier molecular flexibility index (Phi) is 7.55. The molecule has 8 heteroatoms. The highest BCUT2D eigenvalue weighted by molar-refractivity contribution is 6.00. The first kappa shape index (κ1) is 22.2. The van der Waals surface area contributed by atoms with Crippen molar-refractivity contribution in [1.29, 1.82) is 0 Å². The first-order chi connectivity index (χ1) is 13.7. The first-order valence-corrected chi connectivity index (χ1v) is 9.48. The van der Waals surface area contributed by atoms with E-state index < -0.39 is 11.9 Å². The van der Waals surface area contributed by atoms with Crippen LogP contribution in [-0.4, -0.2) is 57.6 Å². The number of aromatic nitrogens is 1. The number of aliphatic carboxylic acids is 2. The molecule has 1 aromatic carbocycles. The number of rotatable bonds is 5. The van der Waals surface area contributed by atoms with Gasteiger partial charge in [0.25, 0.3) is 0 Å². The van der Waals surface area contributed by atoms with Gasteiger partial charge in [0.1, 0.15) is 0 Å². The van der Waals surface area contributed by atoms with Crippen LogP contribution < -0.4 is 5.84 Å². The maximum Gasteiger partial charge on any atom is 0.328 e. The summed E-state index contributed by atoms with van der Waals surface area (Å²) in [7, 11) is 2.17. The number of carbonyl (C=O) groups excluding carboxylic acids is 1. The Bertz CT molecular complexity index is 908. The van der Waals surface area contributed by atoms with Crippen molar-refractivity contribution < 1.29 is 24.6 Å². The van der Waals surface area contributed by atoms with Crippen molar-refractivity contribution in [2.45, 2.75) is 32.1 Å². The summed E-state index contributed by atoms with van der Waals surface area (Å²) in [4.78, 5) is 33.4. The van der Waals surface area contributed by atoms with Gasteiger partial charge in [0.2, 0.25) is 0 Å². The van der Waals surface area contributed by atoms with Crippen molar-refractivity contribution in [2.24, 2.45) is 0 Å². The Morgan fingerprint density at radius 1 is 1.14 bits per heavy atom. The van der Waals surface area contributed by atoms with Gasteiger partial charge in [-0.15, -0.1) is 0 Å². The highest BCUT2D eigenvalue weighted by atomic mass is 16.4. The van der Waals surface area contributed by atoms with E-state index in [2.05, 4.69) is 11.9 Å². The highest BCUT2D eigenvalue weighted by Crippen LogP contribution is 2.34. The third-order valence-corrected chi connectivity index (χ3v) is 5.03. The number of ketones is 1. The Morgan fingerprint density at radius 3 is 2.24 bits per heavy atom. The van der Waals surface area contributed by atoms with Gasteiger partial charge in [-0.1, -0.05) is 6.92 Å². The van der Waals surface area contributed by atoms with Crippen molar-refractivity contribution >= 4 is 28.6 Å². The van der Waals surface area contributed by atoms with Crippen molar-refractivity contribution in [3.05, 3.63) is 47.7 Å². The monoisotopic (exact) mass is 401 g/mol. The van der Waals surface area contributed by atoms with E-state index in [0.29, 0.717) is 24.5 Å². The van der Waals surface area contributed by atoms with Crippen LogP contribution >= 0.6 is 0 Å². The van der Waals surface area contributed by atoms with Crippen LogP contribution in [0.1, 0.15) is 48.0 Å². The number of carboxylic acids is 2. The zero-order valence-electron chi connectivity index (χ0n) is 16.7. The number of nitrogens with zero attached hydrogens (tertiary/aromatic N) is 2. The molecule has 0 radical (unpaired) electrons. The normalized spacial score (nSPS) is 15.2. The largest absolute Gasteiger partial charge is 0.478 e. The molecule has 0 bridgehead atoms. The molecular weight excluding hydrogens is 374 g/mol. The smallest absolute Gasteiger partial charge is 0.328 e. The van der Waals surface area contributed by atoms with Gasteiger partial charge in [0.05, 0.1) is 5.52 Å². The fraction of sp³-hybridized carbons (Fsp3) is 0.381. The van der Waals surface area contributed by atoms with Crippen LogP contribution in [0.15, 0.2) is 36.5 Å². The molecule has 156 valence electrons. The number of Topliss-reactive ketones (excluding diaryl/α,β-unsaturated/α-hetero) is 1. The number of fused-ring (bicyclic) bond motifs is 1. The molecule has 0 spiro atoms. The maximum absolute atomic E-state index is 11.9. The average molecular weight is 401 g/mol. The summed E-state index contributed by atoms with van der Waals surface area (Å²) >= 11 is 0. The van der Waals surface area contributed by atoms with Crippen LogP contribution in [0.2, 0.25) is 0 Å². The molecule has 1 aromatic heterocycles. The molecule has 2 heterocycles. The summed E-state index contributed by atoms with van der Waals surface area (Å²) in [5.74, 6) is 4.31. The topological polar surface area (TPSA) is 126 Å². The van der Waals surface area contributed by atoms with Crippen molar-refractivity contribution in [3.63, 3.8) is 0 Å². The number of hydrogen-bond donors (Lipinski definition) is 3. The summed E-state index contributed by atoms with van der Waals surface area (Å²) in [5, 5.41) is 16.8. The minimum Gasteiger partial charge on any atom is -0.478 e. The first-order valence-electron chi connectivity index (χ1n) is 9.48. The van der Waals surface area contributed by atoms with Crippen LogP contribution in [0.3, 0.4) is 0 Å². The number of hydrogen-bond acceptors (Lipinski definition) is 5. The zero-order valence-corrected chi connectivity index (χ0v) is 16.7. The van der Waals surface area contributed by atoms with E-state index >= 15 is 0 Å². The molecule has 1 saturated heterocycles. The van der Waals surface area contributed by atoms with E-state index in [9.17, 15) is 14.4 Å². The quantitative estimate of drug-likeness (QED) is 0.399. The van der Waals surface area contributed by atoms with Gasteiger partial charge in [-0.3, -0.25) is 9.47 Å². The van der Waals surface area contributed by atoms with Crippen molar-refractivity contribution in [1.82, 2.24) is 9.58 Å². The van der Waals surface area contributed by atoms with Gasteiger partial charge in [-0.25, -0.2) is 9.59 Å². The van der Waals surface area contributed by atoms with E-state index in [1.807, 2.05) is 31.3 Å². The van der Waals surface area contributed by atoms with Gasteiger partial charge in [0, 0.05) is 35.7 Å². The number of piperidine rings is 1. The standard InChI is InChI=1S/C17H23N3O.C4H4O4/c1-3-17(21)13-4-5-16-14(10-13)15(11-20(16)18)12-6-8-19(2)9-7-12;5-3(6)1-2-4(7)8/h4-5,10-12H,3,6-9,18H2,1-2H3;1-2H,(H,5,6)(H,7,8). The lowest BCUT2D eigenvalue weighted by Gasteiger charge is -2.28. The van der Waals surface area contributed by atoms with Crippen LogP contribution in [0.4, 0.5) is 0 Å². The van der Waals surface area contributed by atoms with Gasteiger partial charge in [-0.2, -0.15) is 0 Å². The zero-order chi connectivity index (χ0) is 21.6. The number of nitrogen functional groups attached to an aromatic ring is 1. The Hall–Kier alpha value is -3.13. The van der Waals surface area contributed by atoms with Crippen LogP contribution in [0.25, 0.3) is 10.9 Å². The fourth-order valence-corrected chi connectivity index (χ4v) is 3.45. The molecule has 3 rings (SSSR count). The summed E-state index contributed by atoms with van der Waals surface area (Å²) in [6, 6.07) is 5.88. The molecule has 0 amide bonds. The minimum atomic E-state index is -1.26. The SMILES string of the molecule is CCC(=O)c1ccc2c(c1)c(C1CCN(C)CC1)cn2N.O=C(O)C=CC(=O)O. The molecule has 2 aromatic rings. The molecule has 0 unspecified atom stereocenters. The number of likely N-dealkylation sites (tertiary alicyclic amines) is 1. The fourth-order valence-electron chi connectivity index (χ4n) is 3.45. The highest BCUT2D eigenvalue weighted by Gasteiger charge is 2.22. The minimum absolute atomic E-state index is 0.191. The van der Waals surface area contributed by atoms with Gasteiger partial charge >= 0.3 is 11.9 Å². The van der Waals surface area contributed by atoms with Gasteiger partial charge < -0.3 is 21.0 Å². The summed E-state index contributed by atoms with van der Waals surface area (Å²) in [6.07, 6.45) is 6.01. The second-order valence-corrected chi connectivity index (χ2v) is 7.09. The number of carbonyl (C=O) groups is 3. The molecule has 0 atom stereocenters. The Labute approximate surface area is 169 Å². The molecule has 4 N–H and O–H groups in total. The van der Waals surface area contributed by atoms with Crippen LogP contribution in [0, 0.1) is 0 Å². The van der Waals surface area contributed by atoms with Gasteiger partial charge in [-0.05, 0) is 62.7 Å². The summed E-state index contributed by atoms with van der Waals surface area (Å²) in [6.45, 7) is 4.14. The third kappa shape index (κ3) is 5.92. The van der Waals surface area contributed by atoms with Gasteiger partial charge in [0.15, 0.2) is 5.78 Å². The second-order valence-electron chi connectivity index (χ2n) is 7.09. The van der Waals surface area contributed by atoms with E-state index in [1.165, 1.54) is 5.56 Å². The molecule has 0 saturated carbocycles. The summed E-state index contributed by atoms with van der Waals surface area (Å²) in [5.41, 5.74) is 3.10. The average Bonchev–Trinajstić information content (AvgIpc) is 3.03. The van der Waals surface area contributed by atoms with Crippen molar-refractivity contribution in [2.75, 3.05) is 26.0 Å². The lowest BCUT2D eigenvalue weighted by Crippen LogP contribution is -2.29. The predicted molar refractivity (Wildman–Crippen MR) is 111 cm³/mol. The molecule has 1 aliphatic rings. The Balaban J connectivity index is 0.000000321. The van der Waals surface area contributed by atoms with E-state index in [0.717, 1.165) is 42.4 Å². The molecule has 1 fully saturated rings. The molecule has 8 nitrogen and oxygen atoms in total. The number of carboxylic acid groups (broad SMARTS) is 2. The Morgan fingerprint density at radius 2 is 1.72 bits per heavy atom. The molecule has 1 aliphatic heterocycles. The summed E-state index contributed by atoms with van der Waals surface area (Å²) < 4.78 is 1.70. The maximum atomic E-state index is 11.9. The predicted octanol–water partition coefficient (Wildman–Crippen LogP) is 2.47. The lowest BCUT2D eigenvalue weighted by molar-refractivity contribution is -0.134. The number of benzene rings is 1. The molecular formula is C21H27N3O5. The second kappa shape index (κ2) is 9.88. The van der Waals surface area contributed by atoms with Crippen molar-refractivity contribution in [3.8, 4) is 0 Å². The number of nitrogens with two attached hydrogens (primary N) is 1. The van der Waals surface area contributed by atoms with E-state index in [-0.39, 0.29) is 5.78 Å². The van der Waals surface area contributed by atoms with E-state index in [4.69, 9.17) is 16.1 Å². The van der Waals surface area contributed by atoms with Crippen LogP contribution in [-0.2, 0) is 9.59 Å². The molecule has 29 heavy (non-hydrogen) atoms. The molecule has 0 aliphatic carbocycles. The van der Waals surface area contributed by atoms with E-state index in [1.54, 1.807) is 4.68 Å². The lowest BCUT2D eigenvalue weighted by atomic mass is 9.89. The van der Waals surface area contributed by atoms with Crippen LogP contribution in [0.5, 0.6) is 0 Å².